The van der Waals surface area contributed by atoms with Crippen molar-refractivity contribution in [2.45, 2.75) is 50.1 Å². The minimum Gasteiger partial charge on any atom is -0.497 e. The summed E-state index contributed by atoms with van der Waals surface area (Å²) in [6.07, 6.45) is 4.01. The van der Waals surface area contributed by atoms with Gasteiger partial charge in [0, 0.05) is 61.4 Å². The highest BCUT2D eigenvalue weighted by atomic mass is 16.5. The Morgan fingerprint density at radius 1 is 0.836 bits per heavy atom. The Balaban J connectivity index is 0.969. The monoisotopic (exact) mass is 745 g/mol. The molecule has 2 saturated heterocycles. The Morgan fingerprint density at radius 2 is 1.47 bits per heavy atom. The van der Waals surface area contributed by atoms with E-state index in [0.29, 0.717) is 83.9 Å². The van der Waals surface area contributed by atoms with Crippen LogP contribution in [-0.4, -0.2) is 94.3 Å². The van der Waals surface area contributed by atoms with E-state index in [2.05, 4.69) is 30.8 Å². The molecule has 12 nitrogen and oxygen atoms in total. The maximum absolute atomic E-state index is 13.9. The second kappa shape index (κ2) is 16.1. The molecule has 4 atom stereocenters. The van der Waals surface area contributed by atoms with Crippen LogP contribution in [0.4, 0.5) is 17.1 Å². The number of nitrogen functional groups attached to an aromatic ring is 1. The van der Waals surface area contributed by atoms with E-state index in [-0.39, 0.29) is 35.7 Å². The summed E-state index contributed by atoms with van der Waals surface area (Å²) < 4.78 is 28.9. The van der Waals surface area contributed by atoms with Crippen molar-refractivity contribution in [1.82, 2.24) is 9.80 Å². The van der Waals surface area contributed by atoms with E-state index in [1.54, 1.807) is 45.6 Å². The van der Waals surface area contributed by atoms with Crippen LogP contribution >= 0.6 is 0 Å². The van der Waals surface area contributed by atoms with Crippen LogP contribution < -0.4 is 29.4 Å². The Bertz CT molecular complexity index is 2080. The number of nitrogens with zero attached hydrogens (tertiary/aromatic N) is 4. The molecule has 286 valence electrons. The molecular formula is C43H47N5O7. The van der Waals surface area contributed by atoms with Crippen molar-refractivity contribution in [3.63, 3.8) is 0 Å². The van der Waals surface area contributed by atoms with Gasteiger partial charge in [-0.2, -0.15) is 0 Å². The number of hydrogen-bond acceptors (Lipinski definition) is 10. The number of carbonyl (C=O) groups is 2. The maximum Gasteiger partial charge on any atom is 0.256 e. The molecule has 0 bridgehead atoms. The third-order valence-electron chi connectivity index (χ3n) is 10.8. The van der Waals surface area contributed by atoms with E-state index >= 15 is 0 Å². The molecule has 2 fully saturated rings. The van der Waals surface area contributed by atoms with Gasteiger partial charge in [0.05, 0.1) is 63.1 Å². The van der Waals surface area contributed by atoms with Crippen molar-refractivity contribution in [2.75, 3.05) is 53.4 Å². The summed E-state index contributed by atoms with van der Waals surface area (Å²) in [7, 11) is 4.74. The lowest BCUT2D eigenvalue weighted by Gasteiger charge is -2.23. The summed E-state index contributed by atoms with van der Waals surface area (Å²) in [5, 5.41) is 0. The smallest absolute Gasteiger partial charge is 0.256 e. The Labute approximate surface area is 321 Å². The molecule has 2 amide bonds. The van der Waals surface area contributed by atoms with Crippen LogP contribution in [-0.2, 0) is 0 Å². The predicted octanol–water partition coefficient (Wildman–Crippen LogP) is 7.21. The first kappa shape index (κ1) is 37.3. The highest BCUT2D eigenvalue weighted by molar-refractivity contribution is 6.04. The van der Waals surface area contributed by atoms with Crippen molar-refractivity contribution in [1.29, 1.82) is 0 Å². The number of likely N-dealkylation sites (tertiary alicyclic amines) is 1. The number of amides is 2. The summed E-state index contributed by atoms with van der Waals surface area (Å²) in [5.74, 6) is 2.80. The molecule has 7 rings (SSSR count). The Hall–Kier alpha value is -6.04. The molecule has 4 aromatic rings. The van der Waals surface area contributed by atoms with Gasteiger partial charge >= 0.3 is 0 Å². The Morgan fingerprint density at radius 3 is 2.13 bits per heavy atom. The summed E-state index contributed by atoms with van der Waals surface area (Å²) in [5.41, 5.74) is 10.8. The number of nitrogens with two attached hydrogens (primary N) is 1. The van der Waals surface area contributed by atoms with Crippen molar-refractivity contribution in [3.05, 3.63) is 95.1 Å². The molecule has 3 unspecified atom stereocenters. The molecule has 3 aliphatic heterocycles. The van der Waals surface area contributed by atoms with Gasteiger partial charge in [-0.1, -0.05) is 24.3 Å². The van der Waals surface area contributed by atoms with Gasteiger partial charge in [-0.15, -0.1) is 0 Å². The fourth-order valence-electron chi connectivity index (χ4n) is 7.80. The molecule has 0 spiro atoms. The fraction of sp³-hybridized carbons (Fsp3) is 0.349. The summed E-state index contributed by atoms with van der Waals surface area (Å²) in [4.78, 5) is 40.3. The number of carbonyl (C=O) groups excluding carboxylic acids is 2. The van der Waals surface area contributed by atoms with Gasteiger partial charge in [0.2, 0.25) is 0 Å². The van der Waals surface area contributed by atoms with Gasteiger partial charge in [-0.3, -0.25) is 19.6 Å². The molecule has 3 aliphatic rings. The number of anilines is 1. The first-order valence-electron chi connectivity index (χ1n) is 18.5. The number of methoxy groups -OCH3 is 3. The van der Waals surface area contributed by atoms with Gasteiger partial charge in [-0.25, -0.2) is 0 Å². The number of aliphatic imine (C=N–C) groups is 2. The number of ether oxygens (including phenoxy) is 5. The zero-order valence-electron chi connectivity index (χ0n) is 31.7. The van der Waals surface area contributed by atoms with Gasteiger partial charge in [0.15, 0.2) is 23.0 Å². The molecule has 3 heterocycles. The highest BCUT2D eigenvalue weighted by Crippen LogP contribution is 2.42. The molecule has 4 aromatic carbocycles. The van der Waals surface area contributed by atoms with E-state index in [0.717, 1.165) is 24.2 Å². The van der Waals surface area contributed by atoms with E-state index in [9.17, 15) is 9.59 Å². The lowest BCUT2D eigenvalue weighted by molar-refractivity contribution is 0.0744. The third-order valence-corrected chi connectivity index (χ3v) is 10.8. The maximum atomic E-state index is 13.9. The van der Waals surface area contributed by atoms with Crippen LogP contribution in [0.25, 0.3) is 0 Å². The highest BCUT2D eigenvalue weighted by Gasteiger charge is 2.38. The van der Waals surface area contributed by atoms with Crippen molar-refractivity contribution < 1.29 is 33.3 Å². The molecule has 0 aromatic heterocycles. The fourth-order valence-corrected chi connectivity index (χ4v) is 7.80. The number of fused-ring (bicyclic) bond motifs is 2. The first-order valence-corrected chi connectivity index (χ1v) is 18.5. The van der Waals surface area contributed by atoms with E-state index in [4.69, 9.17) is 34.4 Å². The van der Waals surface area contributed by atoms with Crippen LogP contribution in [0.15, 0.2) is 82.8 Å². The molecule has 55 heavy (non-hydrogen) atoms. The van der Waals surface area contributed by atoms with Crippen molar-refractivity contribution in [3.8, 4) is 28.7 Å². The van der Waals surface area contributed by atoms with Crippen molar-refractivity contribution >= 4 is 41.8 Å². The van der Waals surface area contributed by atoms with Crippen LogP contribution in [0.2, 0.25) is 0 Å². The Kier molecular flexibility index (Phi) is 10.9. The van der Waals surface area contributed by atoms with Crippen LogP contribution in [0.5, 0.6) is 28.7 Å². The van der Waals surface area contributed by atoms with Crippen LogP contribution in [0.1, 0.15) is 69.9 Å². The molecule has 0 aliphatic carbocycles. The summed E-state index contributed by atoms with van der Waals surface area (Å²) in [6.45, 7) is 7.58. The average molecular weight is 746 g/mol. The van der Waals surface area contributed by atoms with E-state index < -0.39 is 0 Å². The van der Waals surface area contributed by atoms with Gasteiger partial charge < -0.3 is 39.2 Å². The predicted molar refractivity (Wildman–Crippen MR) is 213 cm³/mol. The topological polar surface area (TPSA) is 138 Å². The molecule has 0 saturated carbocycles. The van der Waals surface area contributed by atoms with Gasteiger partial charge in [0.1, 0.15) is 5.75 Å². The lowest BCUT2D eigenvalue weighted by atomic mass is 9.96. The van der Waals surface area contributed by atoms with Crippen LogP contribution in [0, 0.1) is 0 Å². The van der Waals surface area contributed by atoms with Gasteiger partial charge in [0.25, 0.3) is 11.8 Å². The minimum absolute atomic E-state index is 0.0378. The summed E-state index contributed by atoms with van der Waals surface area (Å²) >= 11 is 0. The van der Waals surface area contributed by atoms with E-state index in [1.807, 2.05) is 52.4 Å². The second-order valence-corrected chi connectivity index (χ2v) is 14.2. The van der Waals surface area contributed by atoms with Crippen LogP contribution in [0.3, 0.4) is 0 Å². The SMILES string of the molecule is C=Nc1cc(OCCCOc2cc3c(cc2OC)C(=O)N2CC(c4ccc(N)cc4)CC2C=N3)c(OC)cc1C(=O)N1CC(c2ccc(OC)cc2)C[C@H]1C. The molecule has 12 heteroatoms. The summed E-state index contributed by atoms with van der Waals surface area (Å²) in [6, 6.07) is 22.6. The lowest BCUT2D eigenvalue weighted by Crippen LogP contribution is -2.35. The number of rotatable bonds is 13. The number of hydrogen-bond donors (Lipinski definition) is 1. The largest absolute Gasteiger partial charge is 0.497 e. The minimum atomic E-state index is -0.132. The first-order chi connectivity index (χ1) is 26.7. The molecule has 0 radical (unpaired) electrons. The zero-order valence-corrected chi connectivity index (χ0v) is 31.7. The third kappa shape index (κ3) is 7.67. The number of benzene rings is 4. The molecular weight excluding hydrogens is 699 g/mol. The normalized spacial score (nSPS) is 20.0. The second-order valence-electron chi connectivity index (χ2n) is 14.2. The average Bonchev–Trinajstić information content (AvgIpc) is 3.80. The van der Waals surface area contributed by atoms with E-state index in [1.165, 1.54) is 5.56 Å². The van der Waals surface area contributed by atoms with Crippen molar-refractivity contribution in [2.24, 2.45) is 9.98 Å². The standard InChI is InChI=1S/C43H47N5O7/c1-26-17-29(28-9-13-33(51-3)14-10-28)24-47(26)42(49)34-19-38(52-4)40(21-36(34)45-2)54-15-6-16-55-41-22-37-35(20-39(41)53-5)43(50)48-25-30(18-32(48)23-46-37)27-7-11-31(44)12-8-27/h7-14,19-23,26,29-30,32H,2,6,15-18,24-25,44H2,1,3-5H3/t26-,29?,30?,32?/m1/s1. The molecule has 2 N–H and O–H groups in total. The zero-order chi connectivity index (χ0) is 38.6. The quantitative estimate of drug-likeness (QED) is 0.0862. The van der Waals surface area contributed by atoms with Gasteiger partial charge in [-0.05, 0) is 74.0 Å².